The van der Waals surface area contributed by atoms with Crippen molar-refractivity contribution < 1.29 is 4.79 Å². The van der Waals surface area contributed by atoms with Crippen molar-refractivity contribution in [2.75, 3.05) is 0 Å². The fourth-order valence-corrected chi connectivity index (χ4v) is 2.00. The Morgan fingerprint density at radius 1 is 1.00 bits per heavy atom. The van der Waals surface area contributed by atoms with Gasteiger partial charge in [-0.15, -0.1) is 0 Å². The number of benzene rings is 1. The Balaban J connectivity index is 3.10. The largest absolute Gasteiger partial charge is 0.289 e. The van der Waals surface area contributed by atoms with Crippen molar-refractivity contribution in [3.8, 4) is 0 Å². The third-order valence-electron chi connectivity index (χ3n) is 2.73. The van der Waals surface area contributed by atoms with Gasteiger partial charge in [0.05, 0.1) is 0 Å². The molecule has 66 valence electrons. The molecule has 0 aliphatic heterocycles. The molecule has 1 nitrogen and oxygen atoms in total. The number of hydrogen-bond acceptors (Lipinski definition) is 1. The maximum Gasteiger partial charge on any atom is 0.185 e. The number of hydrogen-bond donors (Lipinski definition) is 0. The van der Waals surface area contributed by atoms with Crippen molar-refractivity contribution >= 4 is 16.9 Å². The highest BCUT2D eigenvalue weighted by Crippen LogP contribution is 2.08. The van der Waals surface area contributed by atoms with Crippen LogP contribution < -0.4 is 10.4 Å². The summed E-state index contributed by atoms with van der Waals surface area (Å²) in [4.78, 5) is 11.6. The van der Waals surface area contributed by atoms with Crippen molar-refractivity contribution in [1.82, 2.24) is 0 Å². The zero-order valence-electron chi connectivity index (χ0n) is 8.14. The van der Waals surface area contributed by atoms with Crippen LogP contribution in [0.25, 0.3) is 11.1 Å². The standard InChI is InChI=1S/C12H12O/c1-7-5-4-6-10-8(2)12(13)9(3)11(7)10/h4-6H,1-3H3. The van der Waals surface area contributed by atoms with Crippen LogP contribution in [-0.2, 0) is 4.79 Å². The van der Waals surface area contributed by atoms with E-state index in [-0.39, 0.29) is 5.78 Å². The molecule has 1 heteroatoms. The van der Waals surface area contributed by atoms with E-state index in [1.165, 1.54) is 5.56 Å². The zero-order valence-corrected chi connectivity index (χ0v) is 8.14. The Hall–Kier alpha value is -1.37. The summed E-state index contributed by atoms with van der Waals surface area (Å²) in [6.45, 7) is 5.86. The van der Waals surface area contributed by atoms with Crippen LogP contribution in [-0.4, -0.2) is 5.78 Å². The lowest BCUT2D eigenvalue weighted by Crippen LogP contribution is -2.25. The number of fused-ring (bicyclic) bond motifs is 1. The van der Waals surface area contributed by atoms with Crippen LogP contribution in [0, 0.1) is 6.92 Å². The van der Waals surface area contributed by atoms with E-state index in [0.717, 1.165) is 21.6 Å². The van der Waals surface area contributed by atoms with Gasteiger partial charge < -0.3 is 0 Å². The molecular formula is C12H12O. The summed E-state index contributed by atoms with van der Waals surface area (Å²) in [6, 6.07) is 6.07. The third-order valence-corrected chi connectivity index (χ3v) is 2.73. The second kappa shape index (κ2) is 2.56. The highest BCUT2D eigenvalue weighted by molar-refractivity contribution is 6.37. The Morgan fingerprint density at radius 3 is 2.31 bits per heavy atom. The lowest BCUT2D eigenvalue weighted by atomic mass is 10.1. The molecule has 0 spiro atoms. The van der Waals surface area contributed by atoms with E-state index in [4.69, 9.17) is 0 Å². The molecule has 1 aliphatic rings. The fraction of sp³-hybridized carbons (Fsp3) is 0.250. The molecule has 0 N–H and O–H groups in total. The molecule has 0 heterocycles. The van der Waals surface area contributed by atoms with Gasteiger partial charge in [0.25, 0.3) is 0 Å². The average Bonchev–Trinajstić information content (AvgIpc) is 2.33. The van der Waals surface area contributed by atoms with Crippen molar-refractivity contribution in [2.24, 2.45) is 0 Å². The molecule has 0 atom stereocenters. The minimum absolute atomic E-state index is 0.198. The Labute approximate surface area is 77.4 Å². The van der Waals surface area contributed by atoms with Gasteiger partial charge in [-0.25, -0.2) is 0 Å². The van der Waals surface area contributed by atoms with Crippen molar-refractivity contribution in [3.05, 3.63) is 34.2 Å². The first-order valence-corrected chi connectivity index (χ1v) is 4.45. The van der Waals surface area contributed by atoms with Gasteiger partial charge in [-0.2, -0.15) is 0 Å². The highest BCUT2D eigenvalue weighted by atomic mass is 16.1. The van der Waals surface area contributed by atoms with E-state index in [2.05, 4.69) is 0 Å². The predicted molar refractivity (Wildman–Crippen MR) is 53.6 cm³/mol. The lowest BCUT2D eigenvalue weighted by molar-refractivity contribution is -0.109. The van der Waals surface area contributed by atoms with E-state index < -0.39 is 0 Å². The number of ketones is 1. The van der Waals surface area contributed by atoms with E-state index >= 15 is 0 Å². The number of carbonyl (C=O) groups is 1. The molecule has 0 saturated heterocycles. The second-order valence-corrected chi connectivity index (χ2v) is 3.58. The van der Waals surface area contributed by atoms with Crippen LogP contribution in [0.3, 0.4) is 0 Å². The van der Waals surface area contributed by atoms with Gasteiger partial charge in [-0.05, 0) is 36.8 Å². The van der Waals surface area contributed by atoms with Crippen molar-refractivity contribution in [1.29, 1.82) is 0 Å². The molecule has 0 amide bonds. The first-order valence-electron chi connectivity index (χ1n) is 4.45. The smallest absolute Gasteiger partial charge is 0.185 e. The second-order valence-electron chi connectivity index (χ2n) is 3.58. The summed E-state index contributed by atoms with van der Waals surface area (Å²) < 4.78 is 0. The SMILES string of the molecule is CC1=c2cccc(C)c2=C(C)C1=O. The van der Waals surface area contributed by atoms with Gasteiger partial charge in [0, 0.05) is 11.1 Å². The Morgan fingerprint density at radius 2 is 1.69 bits per heavy atom. The summed E-state index contributed by atoms with van der Waals surface area (Å²) in [5, 5.41) is 2.26. The molecule has 0 saturated carbocycles. The van der Waals surface area contributed by atoms with Gasteiger partial charge >= 0.3 is 0 Å². The summed E-state index contributed by atoms with van der Waals surface area (Å²) in [5.74, 6) is 0.198. The first kappa shape index (κ1) is 8.24. The molecular weight excluding hydrogens is 160 g/mol. The quantitative estimate of drug-likeness (QED) is 0.568. The topological polar surface area (TPSA) is 17.1 Å². The number of carbonyl (C=O) groups excluding carboxylic acids is 1. The fourth-order valence-electron chi connectivity index (χ4n) is 2.00. The molecule has 0 radical (unpaired) electrons. The van der Waals surface area contributed by atoms with Gasteiger partial charge in [-0.1, -0.05) is 18.2 Å². The summed E-state index contributed by atoms with van der Waals surface area (Å²) in [6.07, 6.45) is 0. The number of aryl methyl sites for hydroxylation is 1. The monoisotopic (exact) mass is 172 g/mol. The zero-order chi connectivity index (χ0) is 9.59. The average molecular weight is 172 g/mol. The molecule has 1 aromatic carbocycles. The summed E-state index contributed by atoms with van der Waals surface area (Å²) in [7, 11) is 0. The predicted octanol–water partition coefficient (Wildman–Crippen LogP) is 0.919. The summed E-state index contributed by atoms with van der Waals surface area (Å²) in [5.41, 5.74) is 2.97. The molecule has 1 aromatic rings. The normalized spacial score (nSPS) is 15.2. The van der Waals surface area contributed by atoms with Crippen LogP contribution in [0.5, 0.6) is 0 Å². The molecule has 2 rings (SSSR count). The number of rotatable bonds is 0. The summed E-state index contributed by atoms with van der Waals surface area (Å²) >= 11 is 0. The van der Waals surface area contributed by atoms with E-state index in [9.17, 15) is 4.79 Å². The molecule has 1 aliphatic carbocycles. The highest BCUT2D eigenvalue weighted by Gasteiger charge is 2.16. The van der Waals surface area contributed by atoms with Crippen molar-refractivity contribution in [2.45, 2.75) is 20.8 Å². The van der Waals surface area contributed by atoms with Crippen molar-refractivity contribution in [3.63, 3.8) is 0 Å². The van der Waals surface area contributed by atoms with Gasteiger partial charge in [0.2, 0.25) is 0 Å². The Kier molecular flexibility index (Phi) is 1.62. The molecule has 0 bridgehead atoms. The van der Waals surface area contributed by atoms with Crippen LogP contribution in [0.2, 0.25) is 0 Å². The van der Waals surface area contributed by atoms with Gasteiger partial charge in [0.1, 0.15) is 0 Å². The first-order chi connectivity index (χ1) is 6.13. The van der Waals surface area contributed by atoms with Crippen LogP contribution in [0.15, 0.2) is 18.2 Å². The number of Topliss-reactive ketones (excluding diaryl/α,β-unsaturated/α-hetero) is 1. The van der Waals surface area contributed by atoms with Gasteiger partial charge in [0.15, 0.2) is 5.78 Å². The molecule has 0 unspecified atom stereocenters. The minimum atomic E-state index is 0.198. The maximum absolute atomic E-state index is 11.6. The Bertz CT molecular complexity index is 506. The van der Waals surface area contributed by atoms with E-state index in [0.29, 0.717) is 0 Å². The van der Waals surface area contributed by atoms with Gasteiger partial charge in [-0.3, -0.25) is 4.79 Å². The van der Waals surface area contributed by atoms with Crippen LogP contribution in [0.4, 0.5) is 0 Å². The van der Waals surface area contributed by atoms with E-state index in [1.54, 1.807) is 0 Å². The lowest BCUT2D eigenvalue weighted by Gasteiger charge is -1.93. The molecule has 0 fully saturated rings. The molecule has 0 aromatic heterocycles. The van der Waals surface area contributed by atoms with Crippen LogP contribution in [0.1, 0.15) is 19.4 Å². The third kappa shape index (κ3) is 0.966. The van der Waals surface area contributed by atoms with E-state index in [1.807, 2.05) is 39.0 Å². The maximum atomic E-state index is 11.6. The van der Waals surface area contributed by atoms with Crippen LogP contribution >= 0.6 is 0 Å². The molecule has 13 heavy (non-hydrogen) atoms. The minimum Gasteiger partial charge on any atom is -0.289 e.